The zero-order valence-corrected chi connectivity index (χ0v) is 16.7. The number of nitrogens with zero attached hydrogens (tertiary/aromatic N) is 3. The van der Waals surface area contributed by atoms with Crippen LogP contribution in [0.5, 0.6) is 0 Å². The molecule has 1 fully saturated rings. The summed E-state index contributed by atoms with van der Waals surface area (Å²) in [5.74, 6) is -0.0699. The highest BCUT2D eigenvalue weighted by Gasteiger charge is 2.30. The number of hydrogen-bond acceptors (Lipinski definition) is 6. The van der Waals surface area contributed by atoms with Crippen LogP contribution in [0.15, 0.2) is 0 Å². The van der Waals surface area contributed by atoms with Crippen molar-refractivity contribution in [2.75, 3.05) is 31.5 Å². The van der Waals surface area contributed by atoms with Crippen molar-refractivity contribution in [1.82, 2.24) is 14.8 Å². The Labute approximate surface area is 153 Å². The number of aromatic nitrogens is 1. The van der Waals surface area contributed by atoms with Crippen molar-refractivity contribution < 1.29 is 14.3 Å². The quantitative estimate of drug-likeness (QED) is 0.888. The second-order valence-electron chi connectivity index (χ2n) is 7.33. The Hall–Kier alpha value is -1.67. The van der Waals surface area contributed by atoms with Crippen LogP contribution < -0.4 is 5.32 Å². The van der Waals surface area contributed by atoms with Crippen molar-refractivity contribution >= 4 is 28.5 Å². The third-order valence-electron chi connectivity index (χ3n) is 4.15. The highest BCUT2D eigenvalue weighted by molar-refractivity contribution is 7.15. The summed E-state index contributed by atoms with van der Waals surface area (Å²) in [5.41, 5.74) is 0.449. The fourth-order valence-corrected chi connectivity index (χ4v) is 3.34. The van der Waals surface area contributed by atoms with Gasteiger partial charge in [-0.3, -0.25) is 9.69 Å². The van der Waals surface area contributed by atoms with E-state index in [-0.39, 0.29) is 18.0 Å². The van der Waals surface area contributed by atoms with Crippen LogP contribution in [0.4, 0.5) is 9.93 Å². The molecule has 1 N–H and O–H groups in total. The van der Waals surface area contributed by atoms with Crippen molar-refractivity contribution in [3.05, 3.63) is 10.6 Å². The molecule has 0 saturated carbocycles. The van der Waals surface area contributed by atoms with Gasteiger partial charge in [0.1, 0.15) is 5.60 Å². The van der Waals surface area contributed by atoms with Crippen molar-refractivity contribution in [2.45, 2.75) is 53.2 Å². The first-order chi connectivity index (χ1) is 11.6. The second kappa shape index (κ2) is 7.70. The molecule has 8 heteroatoms. The zero-order valence-electron chi connectivity index (χ0n) is 15.9. The molecule has 1 atom stereocenters. The zero-order chi connectivity index (χ0) is 18.8. The number of aryl methyl sites for hydroxylation is 2. The van der Waals surface area contributed by atoms with E-state index < -0.39 is 5.60 Å². The fraction of sp³-hybridized carbons (Fsp3) is 0.706. The van der Waals surface area contributed by atoms with E-state index >= 15 is 0 Å². The van der Waals surface area contributed by atoms with Gasteiger partial charge in [-0.05, 0) is 41.5 Å². The molecule has 1 unspecified atom stereocenters. The molecule has 25 heavy (non-hydrogen) atoms. The van der Waals surface area contributed by atoms with Crippen LogP contribution in [0.2, 0.25) is 0 Å². The Balaban J connectivity index is 1.85. The highest BCUT2D eigenvalue weighted by atomic mass is 32.1. The molecular formula is C17H28N4O3S. The monoisotopic (exact) mass is 368 g/mol. The van der Waals surface area contributed by atoms with Gasteiger partial charge in [0.2, 0.25) is 5.91 Å². The summed E-state index contributed by atoms with van der Waals surface area (Å²) < 4.78 is 5.40. The first kappa shape index (κ1) is 19.7. The Kier molecular flexibility index (Phi) is 6.05. The number of hydrogen-bond donors (Lipinski definition) is 1. The van der Waals surface area contributed by atoms with Crippen molar-refractivity contribution in [2.24, 2.45) is 0 Å². The molecule has 140 valence electrons. The van der Waals surface area contributed by atoms with Crippen LogP contribution >= 0.6 is 11.3 Å². The van der Waals surface area contributed by atoms with Gasteiger partial charge in [-0.2, -0.15) is 0 Å². The lowest BCUT2D eigenvalue weighted by Crippen LogP contribution is -2.54. The van der Waals surface area contributed by atoms with Gasteiger partial charge in [-0.25, -0.2) is 9.78 Å². The molecule has 7 nitrogen and oxygen atoms in total. The third-order valence-corrected chi connectivity index (χ3v) is 5.14. The molecule has 2 rings (SSSR count). The summed E-state index contributed by atoms with van der Waals surface area (Å²) in [6.45, 7) is 13.8. The lowest BCUT2D eigenvalue weighted by atomic mass is 10.2. The topological polar surface area (TPSA) is 74.8 Å². The number of carbonyl (C=O) groups is 2. The lowest BCUT2D eigenvalue weighted by Gasteiger charge is -2.37. The highest BCUT2D eigenvalue weighted by Crippen LogP contribution is 2.21. The molecule has 0 aromatic carbocycles. The minimum absolute atomic E-state index is 0.0699. The van der Waals surface area contributed by atoms with Gasteiger partial charge in [0.15, 0.2) is 5.13 Å². The number of thiazole rings is 1. The SMILES string of the molecule is Cc1nc(NC(=O)C(C)N2CCN(C(=O)OC(C)(C)C)CC2)sc1C. The largest absolute Gasteiger partial charge is 0.444 e. The fourth-order valence-electron chi connectivity index (χ4n) is 2.52. The number of anilines is 1. The second-order valence-corrected chi connectivity index (χ2v) is 8.53. The lowest BCUT2D eigenvalue weighted by molar-refractivity contribution is -0.121. The maximum Gasteiger partial charge on any atom is 0.410 e. The molecule has 0 bridgehead atoms. The maximum absolute atomic E-state index is 12.4. The summed E-state index contributed by atoms with van der Waals surface area (Å²) in [4.78, 5) is 33.8. The number of rotatable bonds is 3. The van der Waals surface area contributed by atoms with Gasteiger partial charge in [-0.1, -0.05) is 0 Å². The Bertz CT molecular complexity index is 611. The standard InChI is InChI=1S/C17H28N4O3S/c1-11-13(3)25-15(18-11)19-14(22)12(2)20-7-9-21(10-8-20)16(23)24-17(4,5)6/h12H,7-10H2,1-6H3,(H,18,19,22). The molecule has 1 aromatic rings. The normalized spacial score (nSPS) is 17.3. The first-order valence-corrected chi connectivity index (χ1v) is 9.35. The first-order valence-electron chi connectivity index (χ1n) is 8.53. The average Bonchev–Trinajstić information content (AvgIpc) is 2.83. The molecule has 1 aliphatic heterocycles. The summed E-state index contributed by atoms with van der Waals surface area (Å²) in [6.07, 6.45) is -0.294. The van der Waals surface area contributed by atoms with Crippen molar-refractivity contribution in [3.8, 4) is 0 Å². The van der Waals surface area contributed by atoms with Gasteiger partial charge in [0, 0.05) is 31.1 Å². The predicted molar refractivity (Wildman–Crippen MR) is 99.1 cm³/mol. The Morgan fingerprint density at radius 2 is 1.80 bits per heavy atom. The van der Waals surface area contributed by atoms with E-state index in [2.05, 4.69) is 15.2 Å². The van der Waals surface area contributed by atoms with Crippen molar-refractivity contribution in [3.63, 3.8) is 0 Å². The van der Waals surface area contributed by atoms with Crippen LogP contribution in [0.1, 0.15) is 38.3 Å². The van der Waals surface area contributed by atoms with Gasteiger partial charge in [0.25, 0.3) is 0 Å². The summed E-state index contributed by atoms with van der Waals surface area (Å²) in [5, 5.41) is 3.53. The molecule has 1 saturated heterocycles. The molecule has 1 aromatic heterocycles. The number of ether oxygens (including phenoxy) is 1. The summed E-state index contributed by atoms with van der Waals surface area (Å²) in [6, 6.07) is -0.273. The third kappa shape index (κ3) is 5.40. The van der Waals surface area contributed by atoms with E-state index in [1.165, 1.54) is 11.3 Å². The van der Waals surface area contributed by atoms with E-state index in [4.69, 9.17) is 4.74 Å². The van der Waals surface area contributed by atoms with E-state index in [0.29, 0.717) is 31.3 Å². The molecular weight excluding hydrogens is 340 g/mol. The molecule has 2 amide bonds. The smallest absolute Gasteiger partial charge is 0.410 e. The van der Waals surface area contributed by atoms with E-state index in [1.807, 2.05) is 41.5 Å². The van der Waals surface area contributed by atoms with Crippen LogP contribution in [-0.2, 0) is 9.53 Å². The van der Waals surface area contributed by atoms with E-state index in [1.54, 1.807) is 4.90 Å². The molecule has 0 spiro atoms. The molecule has 2 heterocycles. The molecule has 0 radical (unpaired) electrons. The van der Waals surface area contributed by atoms with Crippen LogP contribution in [0, 0.1) is 13.8 Å². The number of nitrogens with one attached hydrogen (secondary N) is 1. The van der Waals surface area contributed by atoms with Gasteiger partial charge >= 0.3 is 6.09 Å². The van der Waals surface area contributed by atoms with Crippen LogP contribution in [0.3, 0.4) is 0 Å². The maximum atomic E-state index is 12.4. The number of piperazine rings is 1. The van der Waals surface area contributed by atoms with Gasteiger partial charge in [0.05, 0.1) is 11.7 Å². The number of carbonyl (C=O) groups excluding carboxylic acids is 2. The Morgan fingerprint density at radius 3 is 2.28 bits per heavy atom. The van der Waals surface area contributed by atoms with Gasteiger partial charge < -0.3 is 15.0 Å². The van der Waals surface area contributed by atoms with Gasteiger partial charge in [-0.15, -0.1) is 11.3 Å². The van der Waals surface area contributed by atoms with Crippen LogP contribution in [0.25, 0.3) is 0 Å². The van der Waals surface area contributed by atoms with E-state index in [0.717, 1.165) is 10.6 Å². The van der Waals surface area contributed by atoms with Crippen LogP contribution in [-0.4, -0.2) is 64.6 Å². The summed E-state index contributed by atoms with van der Waals surface area (Å²) in [7, 11) is 0. The number of amides is 2. The predicted octanol–water partition coefficient (Wildman–Crippen LogP) is 2.64. The molecule has 1 aliphatic rings. The minimum Gasteiger partial charge on any atom is -0.444 e. The minimum atomic E-state index is -0.495. The molecule has 0 aliphatic carbocycles. The summed E-state index contributed by atoms with van der Waals surface area (Å²) >= 11 is 1.49. The Morgan fingerprint density at radius 1 is 1.20 bits per heavy atom. The van der Waals surface area contributed by atoms with E-state index in [9.17, 15) is 9.59 Å². The van der Waals surface area contributed by atoms with Crippen molar-refractivity contribution in [1.29, 1.82) is 0 Å². The average molecular weight is 369 g/mol.